The standard InChI is InChI=1S/C6H10O3.C3H8O/c1-5(2)6(8)9-4-3-7;1-2-3-4/h7H,1,3-4H2,2H3;4H,2-3H2,1H3. The first-order chi connectivity index (χ1) is 6.09. The van der Waals surface area contributed by atoms with Crippen molar-refractivity contribution < 1.29 is 19.7 Å². The fraction of sp³-hybridized carbons (Fsp3) is 0.667. The number of carbonyl (C=O) groups excluding carboxylic acids is 1. The SMILES string of the molecule is C=C(C)C(=O)OCCO.CCCO. The van der Waals surface area contributed by atoms with Crippen LogP contribution < -0.4 is 0 Å². The van der Waals surface area contributed by atoms with E-state index in [1.54, 1.807) is 6.92 Å². The monoisotopic (exact) mass is 190 g/mol. The number of hydrogen-bond acceptors (Lipinski definition) is 4. The lowest BCUT2D eigenvalue weighted by atomic mass is 10.4. The maximum absolute atomic E-state index is 10.5. The van der Waals surface area contributed by atoms with Crippen molar-refractivity contribution in [3.63, 3.8) is 0 Å². The first kappa shape index (κ1) is 14.6. The third-order valence-electron chi connectivity index (χ3n) is 0.897. The molecule has 0 amide bonds. The molecule has 0 saturated carbocycles. The van der Waals surface area contributed by atoms with Gasteiger partial charge in [0.25, 0.3) is 0 Å². The highest BCUT2D eigenvalue weighted by molar-refractivity contribution is 5.86. The lowest BCUT2D eigenvalue weighted by molar-refractivity contribution is -0.139. The van der Waals surface area contributed by atoms with Crippen molar-refractivity contribution in [1.29, 1.82) is 0 Å². The number of hydrogen-bond donors (Lipinski definition) is 2. The number of rotatable bonds is 4. The Kier molecular flexibility index (Phi) is 12.5. The maximum Gasteiger partial charge on any atom is 0.333 e. The maximum atomic E-state index is 10.5. The van der Waals surface area contributed by atoms with Crippen LogP contribution in [-0.2, 0) is 9.53 Å². The molecule has 0 aromatic rings. The van der Waals surface area contributed by atoms with Gasteiger partial charge in [-0.25, -0.2) is 4.79 Å². The van der Waals surface area contributed by atoms with Crippen LogP contribution in [0.3, 0.4) is 0 Å². The molecule has 0 fully saturated rings. The smallest absolute Gasteiger partial charge is 0.333 e. The van der Waals surface area contributed by atoms with Crippen LogP contribution in [0.4, 0.5) is 0 Å². The van der Waals surface area contributed by atoms with Crippen molar-refractivity contribution in [3.05, 3.63) is 12.2 Å². The van der Waals surface area contributed by atoms with E-state index in [-0.39, 0.29) is 13.2 Å². The fourth-order valence-electron chi connectivity index (χ4n) is 0.262. The Labute approximate surface area is 78.8 Å². The van der Waals surface area contributed by atoms with E-state index in [0.29, 0.717) is 12.2 Å². The van der Waals surface area contributed by atoms with Gasteiger partial charge in [0, 0.05) is 12.2 Å². The molecule has 0 aromatic heterocycles. The van der Waals surface area contributed by atoms with Crippen molar-refractivity contribution in [2.75, 3.05) is 19.8 Å². The molecular formula is C9H18O4. The Morgan fingerprint density at radius 3 is 2.08 bits per heavy atom. The summed E-state index contributed by atoms with van der Waals surface area (Å²) in [6.45, 7) is 7.06. The Bertz CT molecular complexity index is 141. The zero-order valence-electron chi connectivity index (χ0n) is 8.25. The summed E-state index contributed by atoms with van der Waals surface area (Å²) in [6, 6.07) is 0. The lowest BCUT2D eigenvalue weighted by Gasteiger charge is -1.99. The van der Waals surface area contributed by atoms with Crippen LogP contribution in [0.1, 0.15) is 20.3 Å². The molecule has 0 atom stereocenters. The molecule has 0 aliphatic heterocycles. The number of carbonyl (C=O) groups is 1. The van der Waals surface area contributed by atoms with E-state index in [1.165, 1.54) is 0 Å². The van der Waals surface area contributed by atoms with Crippen LogP contribution in [0, 0.1) is 0 Å². The Morgan fingerprint density at radius 2 is 1.85 bits per heavy atom. The molecular weight excluding hydrogens is 172 g/mol. The second-order valence-corrected chi connectivity index (χ2v) is 2.36. The molecule has 0 unspecified atom stereocenters. The van der Waals surface area contributed by atoms with Gasteiger partial charge in [0.15, 0.2) is 0 Å². The highest BCUT2D eigenvalue weighted by atomic mass is 16.5. The van der Waals surface area contributed by atoms with Gasteiger partial charge in [-0.1, -0.05) is 13.5 Å². The van der Waals surface area contributed by atoms with E-state index in [1.807, 2.05) is 6.92 Å². The van der Waals surface area contributed by atoms with Crippen LogP contribution in [0.15, 0.2) is 12.2 Å². The van der Waals surface area contributed by atoms with Crippen LogP contribution >= 0.6 is 0 Å². The zero-order valence-corrected chi connectivity index (χ0v) is 8.25. The third-order valence-corrected chi connectivity index (χ3v) is 0.897. The molecule has 0 spiro atoms. The lowest BCUT2D eigenvalue weighted by Crippen LogP contribution is -2.08. The largest absolute Gasteiger partial charge is 0.460 e. The predicted octanol–water partition coefficient (Wildman–Crippen LogP) is 0.487. The molecule has 0 aromatic carbocycles. The molecule has 4 heteroatoms. The minimum atomic E-state index is -0.455. The minimum absolute atomic E-state index is 0.0473. The summed E-state index contributed by atoms with van der Waals surface area (Å²) in [6.07, 6.45) is 0.875. The van der Waals surface area contributed by atoms with Gasteiger partial charge in [0.2, 0.25) is 0 Å². The van der Waals surface area contributed by atoms with Crippen molar-refractivity contribution >= 4 is 5.97 Å². The topological polar surface area (TPSA) is 66.8 Å². The van der Waals surface area contributed by atoms with Crippen LogP contribution in [0.25, 0.3) is 0 Å². The first-order valence-corrected chi connectivity index (χ1v) is 4.14. The molecule has 2 N–H and O–H groups in total. The number of esters is 1. The summed E-state index contributed by atoms with van der Waals surface area (Å²) in [4.78, 5) is 10.5. The average Bonchev–Trinajstić information content (AvgIpc) is 2.14. The van der Waals surface area contributed by atoms with Gasteiger partial charge in [-0.3, -0.25) is 0 Å². The van der Waals surface area contributed by atoms with Gasteiger partial charge in [-0.15, -0.1) is 0 Å². The first-order valence-electron chi connectivity index (χ1n) is 4.14. The molecule has 4 nitrogen and oxygen atoms in total. The molecule has 13 heavy (non-hydrogen) atoms. The van der Waals surface area contributed by atoms with Crippen LogP contribution in [0.5, 0.6) is 0 Å². The summed E-state index contributed by atoms with van der Waals surface area (Å²) in [5.41, 5.74) is 0.350. The van der Waals surface area contributed by atoms with Gasteiger partial charge in [-0.2, -0.15) is 0 Å². The number of aliphatic hydroxyl groups is 2. The second-order valence-electron chi connectivity index (χ2n) is 2.36. The van der Waals surface area contributed by atoms with Crippen molar-refractivity contribution in [1.82, 2.24) is 0 Å². The summed E-state index contributed by atoms with van der Waals surface area (Å²) in [5.74, 6) is -0.455. The molecule has 0 heterocycles. The minimum Gasteiger partial charge on any atom is -0.460 e. The van der Waals surface area contributed by atoms with Crippen LogP contribution in [-0.4, -0.2) is 36.0 Å². The van der Waals surface area contributed by atoms with Crippen molar-refractivity contribution in [2.24, 2.45) is 0 Å². The predicted molar refractivity (Wildman–Crippen MR) is 50.2 cm³/mol. The Balaban J connectivity index is 0. The van der Waals surface area contributed by atoms with E-state index < -0.39 is 5.97 Å². The number of ether oxygens (including phenoxy) is 1. The highest BCUT2D eigenvalue weighted by Gasteiger charge is 1.99. The Morgan fingerprint density at radius 1 is 1.38 bits per heavy atom. The summed E-state index contributed by atoms with van der Waals surface area (Å²) < 4.78 is 4.46. The zero-order chi connectivity index (χ0) is 10.7. The van der Waals surface area contributed by atoms with Gasteiger partial charge < -0.3 is 14.9 Å². The fourth-order valence-corrected chi connectivity index (χ4v) is 0.262. The molecule has 0 aliphatic rings. The second kappa shape index (κ2) is 11.1. The highest BCUT2D eigenvalue weighted by Crippen LogP contribution is 1.89. The molecule has 0 radical (unpaired) electrons. The molecule has 0 rings (SSSR count). The van der Waals surface area contributed by atoms with Gasteiger partial charge >= 0.3 is 5.97 Å². The van der Waals surface area contributed by atoms with Crippen molar-refractivity contribution in [3.8, 4) is 0 Å². The summed E-state index contributed by atoms with van der Waals surface area (Å²) >= 11 is 0. The van der Waals surface area contributed by atoms with E-state index in [2.05, 4.69) is 11.3 Å². The molecule has 78 valence electrons. The van der Waals surface area contributed by atoms with E-state index in [9.17, 15) is 4.79 Å². The van der Waals surface area contributed by atoms with Gasteiger partial charge in [0.1, 0.15) is 6.61 Å². The third kappa shape index (κ3) is 14.0. The summed E-state index contributed by atoms with van der Waals surface area (Å²) in [5, 5.41) is 16.1. The van der Waals surface area contributed by atoms with Crippen molar-refractivity contribution in [2.45, 2.75) is 20.3 Å². The molecule has 0 aliphatic carbocycles. The van der Waals surface area contributed by atoms with E-state index in [0.717, 1.165) is 6.42 Å². The van der Waals surface area contributed by atoms with Crippen LogP contribution in [0.2, 0.25) is 0 Å². The average molecular weight is 190 g/mol. The normalized spacial score (nSPS) is 8.31. The van der Waals surface area contributed by atoms with Gasteiger partial charge in [0.05, 0.1) is 6.61 Å². The van der Waals surface area contributed by atoms with E-state index in [4.69, 9.17) is 10.2 Å². The van der Waals surface area contributed by atoms with E-state index >= 15 is 0 Å². The molecule has 0 saturated heterocycles. The number of aliphatic hydroxyl groups excluding tert-OH is 2. The molecule has 0 bridgehead atoms. The van der Waals surface area contributed by atoms with Gasteiger partial charge in [-0.05, 0) is 13.3 Å². The quantitative estimate of drug-likeness (QED) is 0.500. The summed E-state index contributed by atoms with van der Waals surface area (Å²) in [7, 11) is 0. The Hall–Kier alpha value is -0.870.